The van der Waals surface area contributed by atoms with Crippen LogP contribution in [0.25, 0.3) is 11.3 Å². The second kappa shape index (κ2) is 6.33. The molecule has 4 fully saturated rings. The molecular weight excluding hydrogens is 398 g/mol. The van der Waals surface area contributed by atoms with Crippen molar-refractivity contribution in [2.45, 2.75) is 62.9 Å². The molecule has 0 saturated heterocycles. The molecule has 4 aliphatic carbocycles. The van der Waals surface area contributed by atoms with Gasteiger partial charge in [-0.25, -0.2) is 0 Å². The molecule has 3 heterocycles. The predicted octanol–water partition coefficient (Wildman–Crippen LogP) is 4.43. The third kappa shape index (κ3) is 2.44. The summed E-state index contributed by atoms with van der Waals surface area (Å²) in [6.07, 6.45) is 8.71. The third-order valence-electron chi connectivity index (χ3n) is 8.42. The van der Waals surface area contributed by atoms with E-state index in [1.54, 1.807) is 6.20 Å². The molecule has 1 amide bonds. The van der Waals surface area contributed by atoms with E-state index in [0.29, 0.717) is 5.92 Å². The normalized spacial score (nSPS) is 28.1. The molecule has 3 aromatic rings. The Morgan fingerprint density at radius 3 is 2.53 bits per heavy atom. The number of aromatic nitrogens is 4. The summed E-state index contributed by atoms with van der Waals surface area (Å²) in [5.41, 5.74) is 7.07. The van der Waals surface area contributed by atoms with Crippen LogP contribution in [0.1, 0.15) is 78.3 Å². The molecular formula is C26H29N5O. The van der Waals surface area contributed by atoms with Gasteiger partial charge in [0.15, 0.2) is 0 Å². The van der Waals surface area contributed by atoms with Crippen molar-refractivity contribution in [2.24, 2.45) is 13.0 Å². The van der Waals surface area contributed by atoms with E-state index in [-0.39, 0.29) is 17.5 Å². The van der Waals surface area contributed by atoms with Crippen molar-refractivity contribution in [2.75, 3.05) is 6.54 Å². The fourth-order valence-corrected chi connectivity index (χ4v) is 6.44. The fraction of sp³-hybridized carbons (Fsp3) is 0.500. The van der Waals surface area contributed by atoms with Crippen LogP contribution in [-0.2, 0) is 19.0 Å². The van der Waals surface area contributed by atoms with Gasteiger partial charge in [-0.05, 0) is 51.4 Å². The summed E-state index contributed by atoms with van der Waals surface area (Å²) in [6, 6.07) is 10.7. The summed E-state index contributed by atoms with van der Waals surface area (Å²) in [6.45, 7) is 2.88. The highest BCUT2D eigenvalue weighted by Crippen LogP contribution is 2.63. The average molecular weight is 428 g/mol. The number of carbonyl (C=O) groups is 1. The lowest BCUT2D eigenvalue weighted by Gasteiger charge is -2.61. The van der Waals surface area contributed by atoms with Gasteiger partial charge >= 0.3 is 0 Å². The molecule has 2 aromatic heterocycles. The maximum absolute atomic E-state index is 13.7. The smallest absolute Gasteiger partial charge is 0.257 e. The molecule has 6 heteroatoms. The van der Waals surface area contributed by atoms with E-state index in [1.807, 2.05) is 16.6 Å². The maximum Gasteiger partial charge on any atom is 0.257 e. The molecule has 1 aliphatic heterocycles. The van der Waals surface area contributed by atoms with E-state index in [1.165, 1.54) is 36.1 Å². The van der Waals surface area contributed by atoms with Crippen LogP contribution in [0.15, 0.2) is 36.5 Å². The third-order valence-corrected chi connectivity index (χ3v) is 8.42. The van der Waals surface area contributed by atoms with E-state index < -0.39 is 0 Å². The number of nitrogens with zero attached hydrogens (tertiary/aromatic N) is 5. The van der Waals surface area contributed by atoms with Gasteiger partial charge in [0.1, 0.15) is 0 Å². The van der Waals surface area contributed by atoms with Crippen LogP contribution in [0.4, 0.5) is 0 Å². The number of carbonyl (C=O) groups excluding carboxylic acids is 1. The molecule has 6 nitrogen and oxygen atoms in total. The quantitative estimate of drug-likeness (QED) is 0.619. The summed E-state index contributed by atoms with van der Waals surface area (Å²) in [7, 11) is 1.96. The maximum atomic E-state index is 13.7. The van der Waals surface area contributed by atoms with Crippen molar-refractivity contribution in [1.29, 1.82) is 0 Å². The molecule has 4 saturated carbocycles. The minimum absolute atomic E-state index is 0.0328. The Kier molecular flexibility index (Phi) is 3.69. The molecule has 32 heavy (non-hydrogen) atoms. The molecule has 8 rings (SSSR count). The molecule has 0 radical (unpaired) electrons. The van der Waals surface area contributed by atoms with E-state index in [4.69, 9.17) is 5.10 Å². The molecule has 164 valence electrons. The summed E-state index contributed by atoms with van der Waals surface area (Å²) < 4.78 is 4.26. The second-order valence-corrected chi connectivity index (χ2v) is 10.5. The molecule has 0 N–H and O–H groups in total. The largest absolute Gasteiger partial charge is 0.330 e. The van der Waals surface area contributed by atoms with Crippen molar-refractivity contribution in [3.8, 4) is 11.3 Å². The van der Waals surface area contributed by atoms with Crippen LogP contribution in [-0.4, -0.2) is 36.9 Å². The predicted molar refractivity (Wildman–Crippen MR) is 121 cm³/mol. The van der Waals surface area contributed by atoms with Crippen molar-refractivity contribution in [3.05, 3.63) is 59.0 Å². The second-order valence-electron chi connectivity index (χ2n) is 10.5. The van der Waals surface area contributed by atoms with Gasteiger partial charge < -0.3 is 4.90 Å². The first-order valence-electron chi connectivity index (χ1n) is 12.1. The zero-order chi connectivity index (χ0) is 21.6. The van der Waals surface area contributed by atoms with E-state index in [0.717, 1.165) is 48.7 Å². The lowest BCUT2D eigenvalue weighted by Crippen LogP contribution is -2.59. The molecule has 5 aliphatic rings. The number of aryl methyl sites for hydroxylation is 1. The Morgan fingerprint density at radius 1 is 1.12 bits per heavy atom. The average Bonchev–Trinajstić information content (AvgIpc) is 3.38. The number of hydrogen-bond donors (Lipinski definition) is 0. The molecule has 0 unspecified atom stereocenters. The van der Waals surface area contributed by atoms with Gasteiger partial charge in [-0.15, -0.1) is 0 Å². The van der Waals surface area contributed by atoms with E-state index in [9.17, 15) is 4.79 Å². The Bertz CT molecular complexity index is 1220. The molecule has 2 bridgehead atoms. The van der Waals surface area contributed by atoms with Gasteiger partial charge in [-0.1, -0.05) is 30.3 Å². The molecule has 1 atom stereocenters. The number of hydrogen-bond acceptors (Lipinski definition) is 3. The van der Waals surface area contributed by atoms with Crippen LogP contribution in [0.3, 0.4) is 0 Å². The summed E-state index contributed by atoms with van der Waals surface area (Å²) in [4.78, 5) is 15.7. The monoisotopic (exact) mass is 427 g/mol. The minimum Gasteiger partial charge on any atom is -0.330 e. The summed E-state index contributed by atoms with van der Waals surface area (Å²) in [5, 5.41) is 9.67. The van der Waals surface area contributed by atoms with Gasteiger partial charge in [-0.2, -0.15) is 10.2 Å². The first kappa shape index (κ1) is 18.7. The van der Waals surface area contributed by atoms with Crippen LogP contribution in [0.2, 0.25) is 0 Å². The number of amides is 1. The van der Waals surface area contributed by atoms with Crippen LogP contribution < -0.4 is 0 Å². The zero-order valence-electron chi connectivity index (χ0n) is 18.8. The highest BCUT2D eigenvalue weighted by atomic mass is 16.2. The van der Waals surface area contributed by atoms with Gasteiger partial charge in [0.2, 0.25) is 0 Å². The lowest BCUT2D eigenvalue weighted by atomic mass is 9.50. The van der Waals surface area contributed by atoms with Gasteiger partial charge in [0.25, 0.3) is 5.91 Å². The van der Waals surface area contributed by atoms with Crippen molar-refractivity contribution in [3.63, 3.8) is 0 Å². The van der Waals surface area contributed by atoms with Crippen molar-refractivity contribution >= 4 is 5.91 Å². The number of fused-ring (bicyclic) bond motifs is 1. The van der Waals surface area contributed by atoms with E-state index in [2.05, 4.69) is 47.0 Å². The number of rotatable bonds is 4. The van der Waals surface area contributed by atoms with Crippen molar-refractivity contribution < 1.29 is 4.79 Å². The van der Waals surface area contributed by atoms with Crippen LogP contribution >= 0.6 is 0 Å². The van der Waals surface area contributed by atoms with Crippen LogP contribution in [0, 0.1) is 5.92 Å². The lowest BCUT2D eigenvalue weighted by molar-refractivity contribution is -0.0967. The first-order chi connectivity index (χ1) is 15.6. The molecule has 0 spiro atoms. The molecule has 1 aromatic carbocycles. The summed E-state index contributed by atoms with van der Waals surface area (Å²) in [5.74, 6) is 1.49. The fourth-order valence-electron chi connectivity index (χ4n) is 6.44. The Hall–Kier alpha value is -2.89. The van der Waals surface area contributed by atoms with E-state index >= 15 is 0 Å². The minimum atomic E-state index is -0.0328. The number of benzene rings is 1. The zero-order valence-corrected chi connectivity index (χ0v) is 18.8. The standard InChI is InChI=1S/C26H29N5O/c1-16-22-20(10-11-30(16)25(32)21-15-27-29(2)23(21)19-8-9-19)24(18-6-4-3-5-7-18)31(28-22)26-12-17(13-26)14-26/h3-7,15-17,19H,8-14H2,1-2H3/t16-,17?,26?/m1/s1. The topological polar surface area (TPSA) is 56.0 Å². The van der Waals surface area contributed by atoms with Gasteiger partial charge in [0, 0.05) is 30.6 Å². The Labute approximate surface area is 188 Å². The van der Waals surface area contributed by atoms with Gasteiger partial charge in [-0.3, -0.25) is 14.2 Å². The van der Waals surface area contributed by atoms with Crippen molar-refractivity contribution in [1.82, 2.24) is 24.5 Å². The Morgan fingerprint density at radius 2 is 1.88 bits per heavy atom. The summed E-state index contributed by atoms with van der Waals surface area (Å²) >= 11 is 0. The Balaban J connectivity index is 1.29. The highest BCUT2D eigenvalue weighted by molar-refractivity contribution is 5.96. The van der Waals surface area contributed by atoms with Gasteiger partial charge in [0.05, 0.1) is 40.4 Å². The highest BCUT2D eigenvalue weighted by Gasteiger charge is 2.60. The first-order valence-corrected chi connectivity index (χ1v) is 12.1. The SMILES string of the molecule is C[C@@H]1c2nn(C34CC(C3)C4)c(-c3ccccc3)c2CCN1C(=O)c1cnn(C)c1C1CC1. The van der Waals surface area contributed by atoms with Crippen LogP contribution in [0.5, 0.6) is 0 Å².